The molecule has 0 aromatic rings. The molecule has 1 atom stereocenters. The first-order valence-corrected chi connectivity index (χ1v) is 4.75. The highest BCUT2D eigenvalue weighted by molar-refractivity contribution is 6.01. The van der Waals surface area contributed by atoms with Gasteiger partial charge in [0.1, 0.15) is 0 Å². The summed E-state index contributed by atoms with van der Waals surface area (Å²) in [6.07, 6.45) is 3.07. The van der Waals surface area contributed by atoms with Crippen LogP contribution in [-0.4, -0.2) is 46.4 Å². The summed E-state index contributed by atoms with van der Waals surface area (Å²) in [5, 5.41) is 29.9. The Bertz CT molecular complexity index is 307. The molecule has 5 heteroatoms. The number of rotatable bonds is 4. The molecule has 0 amide bonds. The van der Waals surface area contributed by atoms with Gasteiger partial charge < -0.3 is 20.2 Å². The van der Waals surface area contributed by atoms with Crippen molar-refractivity contribution in [2.75, 3.05) is 19.7 Å². The molecular weight excluding hydrogens is 198 g/mol. The Morgan fingerprint density at radius 3 is 2.80 bits per heavy atom. The van der Waals surface area contributed by atoms with Crippen LogP contribution in [0.2, 0.25) is 0 Å². The van der Waals surface area contributed by atoms with Crippen LogP contribution in [-0.2, 0) is 4.79 Å². The minimum absolute atomic E-state index is 0.00782. The second-order valence-corrected chi connectivity index (χ2v) is 3.26. The summed E-state index contributed by atoms with van der Waals surface area (Å²) in [7, 11) is 0. The zero-order valence-electron chi connectivity index (χ0n) is 8.51. The van der Waals surface area contributed by atoms with Gasteiger partial charge in [0.25, 0.3) is 0 Å². The number of carbonyl (C=O) groups excluding carboxylic acids is 1. The fraction of sp³-hybridized carbons (Fsp3) is 0.500. The van der Waals surface area contributed by atoms with Gasteiger partial charge in [-0.2, -0.15) is 0 Å². The molecule has 0 spiro atoms. The van der Waals surface area contributed by atoms with Crippen LogP contribution in [0.3, 0.4) is 0 Å². The van der Waals surface area contributed by atoms with E-state index < -0.39 is 5.79 Å². The Labute approximate surface area is 87.9 Å². The Hall–Kier alpha value is -1.17. The van der Waals surface area contributed by atoms with Crippen molar-refractivity contribution in [1.82, 2.24) is 4.90 Å². The van der Waals surface area contributed by atoms with E-state index in [2.05, 4.69) is 0 Å². The van der Waals surface area contributed by atoms with Crippen LogP contribution in [0, 0.1) is 0 Å². The summed E-state index contributed by atoms with van der Waals surface area (Å²) in [6, 6.07) is 0. The van der Waals surface area contributed by atoms with E-state index in [-0.39, 0.29) is 24.6 Å². The minimum atomic E-state index is -2.38. The zero-order valence-corrected chi connectivity index (χ0v) is 8.51. The first-order chi connectivity index (χ1) is 7.01. The molecule has 2 N–H and O–H groups in total. The SMILES string of the molecule is CCN(CCO)C1=CC(=O)C=CC1([O-])O. The lowest BCUT2D eigenvalue weighted by atomic mass is 10.0. The monoisotopic (exact) mass is 212 g/mol. The molecule has 1 aliphatic rings. The van der Waals surface area contributed by atoms with E-state index in [4.69, 9.17) is 5.11 Å². The van der Waals surface area contributed by atoms with Crippen molar-refractivity contribution in [3.63, 3.8) is 0 Å². The maximum absolute atomic E-state index is 11.6. The molecule has 0 heterocycles. The Morgan fingerprint density at radius 2 is 2.27 bits per heavy atom. The summed E-state index contributed by atoms with van der Waals surface area (Å²) in [6.45, 7) is 2.29. The fourth-order valence-electron chi connectivity index (χ4n) is 1.45. The fourth-order valence-corrected chi connectivity index (χ4v) is 1.45. The van der Waals surface area contributed by atoms with Crippen LogP contribution in [0.1, 0.15) is 6.92 Å². The van der Waals surface area contributed by atoms with E-state index in [0.717, 1.165) is 18.2 Å². The molecule has 1 unspecified atom stereocenters. The average Bonchev–Trinajstić information content (AvgIpc) is 2.19. The van der Waals surface area contributed by atoms with Gasteiger partial charge in [-0.1, -0.05) is 6.08 Å². The van der Waals surface area contributed by atoms with Crippen LogP contribution >= 0.6 is 0 Å². The smallest absolute Gasteiger partial charge is 0.180 e. The van der Waals surface area contributed by atoms with Crippen molar-refractivity contribution < 1.29 is 20.1 Å². The first-order valence-electron chi connectivity index (χ1n) is 4.75. The van der Waals surface area contributed by atoms with E-state index in [1.54, 1.807) is 6.92 Å². The number of hydrogen-bond acceptors (Lipinski definition) is 5. The molecule has 1 aliphatic carbocycles. The second kappa shape index (κ2) is 4.57. The molecule has 0 bridgehead atoms. The van der Waals surface area contributed by atoms with Gasteiger partial charge in [-0.05, 0) is 13.0 Å². The van der Waals surface area contributed by atoms with Gasteiger partial charge in [-0.15, -0.1) is 0 Å². The van der Waals surface area contributed by atoms with Crippen molar-refractivity contribution in [3.8, 4) is 0 Å². The molecule has 0 saturated carbocycles. The van der Waals surface area contributed by atoms with Crippen molar-refractivity contribution >= 4 is 5.78 Å². The molecule has 0 aromatic heterocycles. The van der Waals surface area contributed by atoms with Gasteiger partial charge in [0.05, 0.1) is 12.4 Å². The van der Waals surface area contributed by atoms with Crippen LogP contribution in [0.4, 0.5) is 0 Å². The summed E-state index contributed by atoms with van der Waals surface area (Å²) >= 11 is 0. The Balaban J connectivity index is 2.94. The molecular formula is C10H14NO4-. The summed E-state index contributed by atoms with van der Waals surface area (Å²) < 4.78 is 0. The average molecular weight is 212 g/mol. The highest BCUT2D eigenvalue weighted by Gasteiger charge is 2.24. The lowest BCUT2D eigenvalue weighted by Gasteiger charge is -2.41. The highest BCUT2D eigenvalue weighted by atomic mass is 16.5. The number of allylic oxidation sites excluding steroid dienone is 2. The maximum Gasteiger partial charge on any atom is 0.180 e. The quantitative estimate of drug-likeness (QED) is 0.547. The van der Waals surface area contributed by atoms with E-state index in [1.807, 2.05) is 0 Å². The zero-order chi connectivity index (χ0) is 11.5. The lowest BCUT2D eigenvalue weighted by Crippen LogP contribution is -2.51. The summed E-state index contributed by atoms with van der Waals surface area (Å²) in [4.78, 5) is 12.6. The predicted molar refractivity (Wildman–Crippen MR) is 51.5 cm³/mol. The van der Waals surface area contributed by atoms with Crippen molar-refractivity contribution in [1.29, 1.82) is 0 Å². The normalized spacial score (nSPS) is 25.3. The number of carbonyl (C=O) groups is 1. The Kier molecular flexibility index (Phi) is 3.62. The van der Waals surface area contributed by atoms with Gasteiger partial charge >= 0.3 is 0 Å². The maximum atomic E-state index is 11.6. The van der Waals surface area contributed by atoms with Gasteiger partial charge in [-0.3, -0.25) is 4.79 Å². The van der Waals surface area contributed by atoms with E-state index >= 15 is 0 Å². The molecule has 0 radical (unpaired) electrons. The second-order valence-electron chi connectivity index (χ2n) is 3.26. The van der Waals surface area contributed by atoms with Crippen molar-refractivity contribution in [3.05, 3.63) is 23.9 Å². The van der Waals surface area contributed by atoms with Gasteiger partial charge in [0.15, 0.2) is 5.78 Å². The molecule has 0 fully saturated rings. The molecule has 0 aromatic carbocycles. The van der Waals surface area contributed by atoms with Gasteiger partial charge in [0.2, 0.25) is 0 Å². The van der Waals surface area contributed by atoms with Gasteiger partial charge in [-0.25, -0.2) is 0 Å². The van der Waals surface area contributed by atoms with Gasteiger partial charge in [0, 0.05) is 24.9 Å². The third-order valence-electron chi connectivity index (χ3n) is 2.21. The number of aliphatic hydroxyl groups is 2. The van der Waals surface area contributed by atoms with E-state index in [0.29, 0.717) is 6.54 Å². The first kappa shape index (κ1) is 11.9. The lowest BCUT2D eigenvalue weighted by molar-refractivity contribution is -0.515. The largest absolute Gasteiger partial charge is 0.821 e. The highest BCUT2D eigenvalue weighted by Crippen LogP contribution is 2.20. The molecule has 1 rings (SSSR count). The van der Waals surface area contributed by atoms with E-state index in [1.165, 1.54) is 4.90 Å². The summed E-state index contributed by atoms with van der Waals surface area (Å²) in [5.41, 5.74) is -0.00782. The minimum Gasteiger partial charge on any atom is -0.821 e. The van der Waals surface area contributed by atoms with E-state index in [9.17, 15) is 15.0 Å². The molecule has 5 nitrogen and oxygen atoms in total. The molecule has 0 saturated heterocycles. The number of aliphatic hydroxyl groups excluding tert-OH is 1. The third kappa shape index (κ3) is 2.65. The number of hydrogen-bond donors (Lipinski definition) is 2. The van der Waals surface area contributed by atoms with Crippen LogP contribution in [0.15, 0.2) is 23.9 Å². The topological polar surface area (TPSA) is 83.8 Å². The predicted octanol–water partition coefficient (Wildman–Crippen LogP) is -1.63. The molecule has 15 heavy (non-hydrogen) atoms. The number of likely N-dealkylation sites (N-methyl/N-ethyl adjacent to an activating group) is 1. The number of nitrogens with zero attached hydrogens (tertiary/aromatic N) is 1. The molecule has 0 aliphatic heterocycles. The van der Waals surface area contributed by atoms with Crippen LogP contribution in [0.25, 0.3) is 0 Å². The Morgan fingerprint density at radius 1 is 1.60 bits per heavy atom. The standard InChI is InChI=1S/C10H14NO4/c1-2-11(5-6-12)9-7-8(13)3-4-10(9,14)15/h3-4,7,12,14H,2,5-6H2,1H3/q-1. The van der Waals surface area contributed by atoms with Crippen LogP contribution in [0.5, 0.6) is 0 Å². The van der Waals surface area contributed by atoms with Crippen molar-refractivity contribution in [2.45, 2.75) is 12.7 Å². The molecule has 84 valence electrons. The number of ketones is 1. The van der Waals surface area contributed by atoms with Crippen molar-refractivity contribution in [2.24, 2.45) is 0 Å². The van der Waals surface area contributed by atoms with Crippen LogP contribution < -0.4 is 5.11 Å². The third-order valence-corrected chi connectivity index (χ3v) is 2.21. The summed E-state index contributed by atoms with van der Waals surface area (Å²) in [5.74, 6) is -2.71.